The van der Waals surface area contributed by atoms with Gasteiger partial charge in [-0.05, 0) is 51.9 Å². The van der Waals surface area contributed by atoms with E-state index in [1.54, 1.807) is 18.5 Å². The Hall–Kier alpha value is -3.86. The van der Waals surface area contributed by atoms with Gasteiger partial charge in [-0.1, -0.05) is 109 Å². The average Bonchev–Trinajstić information content (AvgIpc) is 3.01. The molecule has 43 heavy (non-hydrogen) atoms. The van der Waals surface area contributed by atoms with Gasteiger partial charge in [-0.3, -0.25) is 4.79 Å². The molecule has 0 unspecified atom stereocenters. The predicted molar refractivity (Wildman–Crippen MR) is 172 cm³/mol. The molecule has 0 amide bonds. The van der Waals surface area contributed by atoms with Crippen molar-refractivity contribution in [3.63, 3.8) is 0 Å². The SMILES string of the molecule is CCC(C)(C)C(=O)/C=C(\O)C(C)(C)CC.[Ir].[c-]1cnccc1Oc1cc2c(ccc3ccc(-c4ccccc4)cc32)cn1. The summed E-state index contributed by atoms with van der Waals surface area (Å²) in [5.74, 6) is 1.34. The number of ether oxygens (including phenoxy) is 1. The quantitative estimate of drug-likeness (QED) is 0.0740. The topological polar surface area (TPSA) is 72.3 Å². The molecule has 0 spiro atoms. The summed E-state index contributed by atoms with van der Waals surface area (Å²) < 4.78 is 5.84. The molecule has 0 fully saturated rings. The normalized spacial score (nSPS) is 11.8. The van der Waals surface area contributed by atoms with Crippen molar-refractivity contribution >= 4 is 27.3 Å². The molecule has 5 rings (SSSR count). The molecule has 0 saturated carbocycles. The van der Waals surface area contributed by atoms with Crippen LogP contribution in [0.5, 0.6) is 11.6 Å². The van der Waals surface area contributed by atoms with Gasteiger partial charge in [-0.15, -0.1) is 0 Å². The van der Waals surface area contributed by atoms with E-state index >= 15 is 0 Å². The van der Waals surface area contributed by atoms with Crippen LogP contribution >= 0.6 is 0 Å². The minimum Gasteiger partial charge on any atom is -0.512 e. The second-order valence-electron chi connectivity index (χ2n) is 11.7. The molecule has 5 nitrogen and oxygen atoms in total. The summed E-state index contributed by atoms with van der Waals surface area (Å²) in [6.45, 7) is 11.7. The molecule has 3 aromatic carbocycles. The van der Waals surface area contributed by atoms with E-state index in [1.165, 1.54) is 28.0 Å². The Morgan fingerprint density at radius 2 is 1.51 bits per heavy atom. The summed E-state index contributed by atoms with van der Waals surface area (Å²) in [5.41, 5.74) is 1.71. The molecule has 6 heteroatoms. The van der Waals surface area contributed by atoms with E-state index in [0.717, 1.165) is 23.6 Å². The molecule has 5 aromatic rings. The summed E-state index contributed by atoms with van der Waals surface area (Å²) in [7, 11) is 0. The molecule has 0 aliphatic carbocycles. The van der Waals surface area contributed by atoms with Crippen LogP contribution in [-0.2, 0) is 24.9 Å². The van der Waals surface area contributed by atoms with Crippen molar-refractivity contribution in [1.82, 2.24) is 9.97 Å². The molecule has 0 aliphatic heterocycles. The molecular weight excluding hydrogens is 713 g/mol. The number of carbonyl (C=O) groups is 1. The first kappa shape index (κ1) is 33.6. The minimum absolute atomic E-state index is 0. The van der Waals surface area contributed by atoms with Gasteiger partial charge in [-0.2, -0.15) is 12.1 Å². The fourth-order valence-electron chi connectivity index (χ4n) is 4.14. The van der Waals surface area contributed by atoms with E-state index in [4.69, 9.17) is 4.74 Å². The Morgan fingerprint density at radius 3 is 2.16 bits per heavy atom. The zero-order chi connectivity index (χ0) is 30.3. The minimum atomic E-state index is -0.377. The molecule has 0 aliphatic rings. The Labute approximate surface area is 268 Å². The number of nitrogens with zero attached hydrogens (tertiary/aromatic N) is 2. The summed E-state index contributed by atoms with van der Waals surface area (Å²) in [6.07, 6.45) is 8.09. The summed E-state index contributed by atoms with van der Waals surface area (Å²) in [4.78, 5) is 20.2. The van der Waals surface area contributed by atoms with Crippen molar-refractivity contribution in [3.8, 4) is 22.8 Å². The average molecular weight is 752 g/mol. The molecular formula is C37H39IrN2O3-. The van der Waals surface area contributed by atoms with Crippen molar-refractivity contribution in [2.45, 2.75) is 54.4 Å². The number of aliphatic hydroxyl groups is 1. The third-order valence-electron chi connectivity index (χ3n) is 8.01. The van der Waals surface area contributed by atoms with Crippen LogP contribution in [0, 0.1) is 16.9 Å². The van der Waals surface area contributed by atoms with Crippen LogP contribution < -0.4 is 4.74 Å². The Bertz CT molecular complexity index is 1700. The maximum Gasteiger partial charge on any atom is 0.216 e. The van der Waals surface area contributed by atoms with E-state index in [9.17, 15) is 9.90 Å². The number of hydrogen-bond donors (Lipinski definition) is 1. The number of ketones is 1. The summed E-state index contributed by atoms with van der Waals surface area (Å²) in [5, 5.41) is 14.4. The Kier molecular flexibility index (Phi) is 11.4. The molecule has 225 valence electrons. The first-order chi connectivity index (χ1) is 20.0. The van der Waals surface area contributed by atoms with Crippen LogP contribution in [0.25, 0.3) is 32.7 Å². The van der Waals surface area contributed by atoms with Crippen molar-refractivity contribution in [1.29, 1.82) is 0 Å². The van der Waals surface area contributed by atoms with E-state index < -0.39 is 0 Å². The van der Waals surface area contributed by atoms with Crippen LogP contribution in [0.1, 0.15) is 54.4 Å². The van der Waals surface area contributed by atoms with E-state index in [1.807, 2.05) is 59.9 Å². The van der Waals surface area contributed by atoms with Gasteiger partial charge in [0.25, 0.3) is 0 Å². The maximum atomic E-state index is 11.8. The summed E-state index contributed by atoms with van der Waals surface area (Å²) >= 11 is 0. The van der Waals surface area contributed by atoms with Gasteiger partial charge in [0.2, 0.25) is 5.88 Å². The van der Waals surface area contributed by atoms with Crippen molar-refractivity contribution in [2.24, 2.45) is 10.8 Å². The standard InChI is InChI=1S/C24H15N2O.C13H24O2.Ir/c1-2-4-17(5-3-1)19-8-6-18-7-9-20-16-26-24(15-23(20)22(18)14-19)27-21-10-12-25-13-11-21;1-7-12(3,4)10(14)9-11(15)13(5,6)8-2;/h1-10,12-16H;9,14H,7-8H2,1-6H3;/q-1;;/b;10-9-;. The molecule has 2 aromatic heterocycles. The van der Waals surface area contributed by atoms with Crippen LogP contribution in [-0.4, -0.2) is 20.9 Å². The number of pyridine rings is 2. The van der Waals surface area contributed by atoms with Gasteiger partial charge < -0.3 is 14.8 Å². The zero-order valence-corrected chi connectivity index (χ0v) is 28.0. The second-order valence-corrected chi connectivity index (χ2v) is 11.7. The van der Waals surface area contributed by atoms with Gasteiger partial charge in [0, 0.05) is 54.7 Å². The van der Waals surface area contributed by atoms with Gasteiger partial charge in [0.1, 0.15) is 5.76 Å². The molecule has 2 heterocycles. The van der Waals surface area contributed by atoms with Crippen LogP contribution in [0.4, 0.5) is 0 Å². The number of fused-ring (bicyclic) bond motifs is 3. The smallest absolute Gasteiger partial charge is 0.216 e. The fourth-order valence-corrected chi connectivity index (χ4v) is 4.14. The first-order valence-corrected chi connectivity index (χ1v) is 14.4. The van der Waals surface area contributed by atoms with Gasteiger partial charge in [0.15, 0.2) is 5.78 Å². The number of carbonyl (C=O) groups excluding carboxylic acids is 1. The second kappa shape index (κ2) is 14.5. The van der Waals surface area contributed by atoms with Crippen LogP contribution in [0.15, 0.2) is 103 Å². The van der Waals surface area contributed by atoms with Crippen molar-refractivity contribution in [3.05, 3.63) is 109 Å². The van der Waals surface area contributed by atoms with E-state index in [-0.39, 0.29) is 42.5 Å². The van der Waals surface area contributed by atoms with Crippen LogP contribution in [0.2, 0.25) is 0 Å². The number of aromatic nitrogens is 2. The molecule has 0 bridgehead atoms. The monoisotopic (exact) mass is 752 g/mol. The van der Waals surface area contributed by atoms with Gasteiger partial charge in [-0.25, -0.2) is 4.98 Å². The third kappa shape index (κ3) is 8.37. The zero-order valence-electron chi connectivity index (χ0n) is 25.6. The van der Waals surface area contributed by atoms with Crippen molar-refractivity contribution < 1.29 is 34.7 Å². The van der Waals surface area contributed by atoms with Gasteiger partial charge >= 0.3 is 0 Å². The Morgan fingerprint density at radius 1 is 0.860 bits per heavy atom. The van der Waals surface area contributed by atoms with E-state index in [0.29, 0.717) is 11.6 Å². The first-order valence-electron chi connectivity index (χ1n) is 14.4. The Balaban J connectivity index is 0.000000274. The molecule has 0 atom stereocenters. The van der Waals surface area contributed by atoms with E-state index in [2.05, 4.69) is 70.6 Å². The molecule has 1 N–H and O–H groups in total. The predicted octanol–water partition coefficient (Wildman–Crippen LogP) is 9.91. The maximum absolute atomic E-state index is 11.8. The number of benzene rings is 3. The number of allylic oxidation sites excluding steroid dienone is 2. The third-order valence-corrected chi connectivity index (χ3v) is 8.01. The van der Waals surface area contributed by atoms with Crippen molar-refractivity contribution in [2.75, 3.05) is 0 Å². The molecule has 0 saturated heterocycles. The fraction of sp³-hybridized carbons (Fsp3) is 0.270. The number of aliphatic hydroxyl groups excluding tert-OH is 1. The summed E-state index contributed by atoms with van der Waals surface area (Å²) in [6, 6.07) is 27.9. The van der Waals surface area contributed by atoms with Gasteiger partial charge in [0.05, 0.1) is 0 Å². The van der Waals surface area contributed by atoms with Crippen LogP contribution in [0.3, 0.4) is 0 Å². The number of hydrogen-bond acceptors (Lipinski definition) is 5. The molecule has 1 radical (unpaired) electrons. The largest absolute Gasteiger partial charge is 0.512 e. The number of rotatable bonds is 8.